The minimum atomic E-state index is -3.95. The Morgan fingerprint density at radius 2 is 2.20 bits per heavy atom. The van der Waals surface area contributed by atoms with Gasteiger partial charge in [0.05, 0.1) is 25.8 Å². The SMILES string of the molecule is COC(=O)C/C=C/C=NCCS(=O)(=O)O. The number of carbonyl (C=O) groups is 1. The van der Waals surface area contributed by atoms with Gasteiger partial charge in [-0.15, -0.1) is 0 Å². The van der Waals surface area contributed by atoms with Crippen LogP contribution >= 0.6 is 0 Å². The van der Waals surface area contributed by atoms with Gasteiger partial charge in [0.25, 0.3) is 10.1 Å². The van der Waals surface area contributed by atoms with Crippen molar-refractivity contribution in [2.45, 2.75) is 6.42 Å². The summed E-state index contributed by atoms with van der Waals surface area (Å²) >= 11 is 0. The first kappa shape index (κ1) is 13.8. The molecule has 7 heteroatoms. The molecule has 1 N–H and O–H groups in total. The van der Waals surface area contributed by atoms with Crippen molar-refractivity contribution in [3.63, 3.8) is 0 Å². The second-order valence-corrected chi connectivity index (χ2v) is 4.12. The fraction of sp³-hybridized carbons (Fsp3) is 0.500. The van der Waals surface area contributed by atoms with Gasteiger partial charge >= 0.3 is 5.97 Å². The van der Waals surface area contributed by atoms with Gasteiger partial charge in [0, 0.05) is 6.21 Å². The average molecular weight is 235 g/mol. The molecule has 0 saturated heterocycles. The normalized spacial score (nSPS) is 12.4. The molecule has 0 heterocycles. The minimum Gasteiger partial charge on any atom is -0.469 e. The van der Waals surface area contributed by atoms with E-state index in [-0.39, 0.29) is 18.9 Å². The van der Waals surface area contributed by atoms with E-state index < -0.39 is 15.9 Å². The maximum atomic E-state index is 10.6. The summed E-state index contributed by atoms with van der Waals surface area (Å²) in [6.07, 6.45) is 4.53. The Balaban J connectivity index is 3.67. The van der Waals surface area contributed by atoms with Crippen LogP contribution in [0.15, 0.2) is 17.1 Å². The van der Waals surface area contributed by atoms with Crippen LogP contribution < -0.4 is 0 Å². The molecule has 6 nitrogen and oxygen atoms in total. The molecule has 0 bridgehead atoms. The lowest BCUT2D eigenvalue weighted by Crippen LogP contribution is -2.06. The molecule has 0 aliphatic rings. The maximum Gasteiger partial charge on any atom is 0.309 e. The second-order valence-electron chi connectivity index (χ2n) is 2.55. The van der Waals surface area contributed by atoms with Crippen LogP contribution in [-0.4, -0.2) is 44.6 Å². The number of esters is 1. The van der Waals surface area contributed by atoms with Gasteiger partial charge in [-0.25, -0.2) is 0 Å². The molecule has 86 valence electrons. The predicted molar refractivity (Wildman–Crippen MR) is 55.5 cm³/mol. The zero-order chi connectivity index (χ0) is 11.7. The maximum absolute atomic E-state index is 10.6. The van der Waals surface area contributed by atoms with Gasteiger partial charge in [-0.05, 0) is 6.08 Å². The topological polar surface area (TPSA) is 93.0 Å². The van der Waals surface area contributed by atoms with Crippen molar-refractivity contribution in [1.82, 2.24) is 0 Å². The highest BCUT2D eigenvalue weighted by atomic mass is 32.2. The van der Waals surface area contributed by atoms with Crippen molar-refractivity contribution in [2.24, 2.45) is 4.99 Å². The fourth-order valence-corrected chi connectivity index (χ4v) is 0.948. The molecule has 0 spiro atoms. The van der Waals surface area contributed by atoms with Gasteiger partial charge in [-0.3, -0.25) is 14.3 Å². The summed E-state index contributed by atoms with van der Waals surface area (Å²) in [4.78, 5) is 14.3. The van der Waals surface area contributed by atoms with E-state index in [9.17, 15) is 13.2 Å². The lowest BCUT2D eigenvalue weighted by Gasteiger charge is -1.91. The Labute approximate surface area is 88.4 Å². The zero-order valence-electron chi connectivity index (χ0n) is 8.29. The Bertz CT molecular complexity index is 344. The highest BCUT2D eigenvalue weighted by Crippen LogP contribution is 1.86. The molecule has 0 aliphatic heterocycles. The molecule has 0 aromatic carbocycles. The van der Waals surface area contributed by atoms with E-state index in [0.29, 0.717) is 0 Å². The second kappa shape index (κ2) is 7.13. The number of rotatable bonds is 6. The summed E-state index contributed by atoms with van der Waals surface area (Å²) in [6, 6.07) is 0. The third kappa shape index (κ3) is 10.7. The first-order valence-corrected chi connectivity index (χ1v) is 5.73. The van der Waals surface area contributed by atoms with E-state index in [1.807, 2.05) is 0 Å². The monoisotopic (exact) mass is 235 g/mol. The highest BCUT2D eigenvalue weighted by molar-refractivity contribution is 7.85. The number of hydrogen-bond donors (Lipinski definition) is 1. The minimum absolute atomic E-state index is 0.0125. The number of aliphatic imine (C=N–C) groups is 1. The van der Waals surface area contributed by atoms with Crippen LogP contribution in [-0.2, 0) is 19.6 Å². The lowest BCUT2D eigenvalue weighted by atomic mass is 10.4. The number of nitrogens with zero attached hydrogens (tertiary/aromatic N) is 1. The zero-order valence-corrected chi connectivity index (χ0v) is 9.11. The van der Waals surface area contributed by atoms with Crippen LogP contribution in [0.2, 0.25) is 0 Å². The number of allylic oxidation sites excluding steroid dienone is 1. The van der Waals surface area contributed by atoms with E-state index in [4.69, 9.17) is 4.55 Å². The van der Waals surface area contributed by atoms with Crippen molar-refractivity contribution >= 4 is 22.3 Å². The Hall–Kier alpha value is -1.21. The standard InChI is InChI=1S/C8H13NO5S/c1-14-8(10)4-2-3-5-9-6-7-15(11,12)13/h2-3,5H,4,6-7H2,1H3,(H,11,12,13)/b3-2+,9-5?. The third-order valence-corrected chi connectivity index (χ3v) is 2.02. The average Bonchev–Trinajstić information content (AvgIpc) is 2.14. The van der Waals surface area contributed by atoms with Gasteiger partial charge < -0.3 is 4.74 Å². The number of carbonyl (C=O) groups excluding carboxylic acids is 1. The van der Waals surface area contributed by atoms with E-state index in [1.54, 1.807) is 0 Å². The van der Waals surface area contributed by atoms with Gasteiger partial charge in [0.2, 0.25) is 0 Å². The summed E-state index contributed by atoms with van der Waals surface area (Å²) < 4.78 is 33.2. The molecule has 0 aromatic rings. The first-order chi connectivity index (χ1) is 6.95. The van der Waals surface area contributed by atoms with E-state index in [2.05, 4.69) is 9.73 Å². The molecular formula is C8H13NO5S. The van der Waals surface area contributed by atoms with Crippen LogP contribution in [0.25, 0.3) is 0 Å². The Kier molecular flexibility index (Phi) is 6.56. The summed E-state index contributed by atoms with van der Waals surface area (Å²) in [6.45, 7) is -0.0125. The number of methoxy groups -OCH3 is 1. The molecule has 0 radical (unpaired) electrons. The van der Waals surface area contributed by atoms with Crippen molar-refractivity contribution < 1.29 is 22.5 Å². The summed E-state index contributed by atoms with van der Waals surface area (Å²) in [5, 5.41) is 0. The molecule has 0 saturated carbocycles. The van der Waals surface area contributed by atoms with Gasteiger partial charge in [-0.1, -0.05) is 6.08 Å². The molecule has 0 amide bonds. The highest BCUT2D eigenvalue weighted by Gasteiger charge is 2.00. The van der Waals surface area contributed by atoms with Crippen LogP contribution in [0.4, 0.5) is 0 Å². The van der Waals surface area contributed by atoms with E-state index >= 15 is 0 Å². The van der Waals surface area contributed by atoms with Crippen molar-refractivity contribution in [1.29, 1.82) is 0 Å². The lowest BCUT2D eigenvalue weighted by molar-refractivity contribution is -0.139. The molecular weight excluding hydrogens is 222 g/mol. The van der Waals surface area contributed by atoms with Crippen LogP contribution in [0.5, 0.6) is 0 Å². The van der Waals surface area contributed by atoms with Crippen LogP contribution in [0.1, 0.15) is 6.42 Å². The van der Waals surface area contributed by atoms with E-state index in [0.717, 1.165) is 0 Å². The van der Waals surface area contributed by atoms with Gasteiger partial charge in [-0.2, -0.15) is 8.42 Å². The molecule has 0 fully saturated rings. The summed E-state index contributed by atoms with van der Waals surface area (Å²) in [7, 11) is -2.66. The van der Waals surface area contributed by atoms with Crippen LogP contribution in [0, 0.1) is 0 Å². The van der Waals surface area contributed by atoms with Crippen LogP contribution in [0.3, 0.4) is 0 Å². The number of hydrogen-bond acceptors (Lipinski definition) is 5. The largest absolute Gasteiger partial charge is 0.469 e. The van der Waals surface area contributed by atoms with E-state index in [1.165, 1.54) is 25.5 Å². The Morgan fingerprint density at radius 3 is 2.73 bits per heavy atom. The van der Waals surface area contributed by atoms with Gasteiger partial charge in [0.1, 0.15) is 0 Å². The van der Waals surface area contributed by atoms with Gasteiger partial charge in [0.15, 0.2) is 0 Å². The Morgan fingerprint density at radius 1 is 1.53 bits per heavy atom. The first-order valence-electron chi connectivity index (χ1n) is 4.12. The van der Waals surface area contributed by atoms with Crippen molar-refractivity contribution in [3.8, 4) is 0 Å². The summed E-state index contributed by atoms with van der Waals surface area (Å²) in [5.74, 6) is -0.772. The van der Waals surface area contributed by atoms with Crippen molar-refractivity contribution in [3.05, 3.63) is 12.2 Å². The third-order valence-electron chi connectivity index (χ3n) is 1.32. The molecule has 0 aromatic heterocycles. The smallest absolute Gasteiger partial charge is 0.309 e. The number of ether oxygens (including phenoxy) is 1. The summed E-state index contributed by atoms with van der Waals surface area (Å²) in [5.41, 5.74) is 0. The predicted octanol–water partition coefficient (Wildman–Crippen LogP) is 0.0643. The molecule has 0 unspecified atom stereocenters. The van der Waals surface area contributed by atoms with Crippen molar-refractivity contribution in [2.75, 3.05) is 19.4 Å². The quantitative estimate of drug-likeness (QED) is 0.399. The molecule has 0 atom stereocenters. The molecule has 15 heavy (non-hydrogen) atoms. The molecule has 0 rings (SSSR count). The molecule has 0 aliphatic carbocycles. The fourth-order valence-electron chi connectivity index (χ4n) is 0.612.